The molecule has 0 amide bonds. The first kappa shape index (κ1) is 17.0. The van der Waals surface area contributed by atoms with Gasteiger partial charge in [0.15, 0.2) is 0 Å². The molecule has 0 saturated heterocycles. The van der Waals surface area contributed by atoms with E-state index in [-0.39, 0.29) is 12.1 Å². The van der Waals surface area contributed by atoms with Crippen LogP contribution in [0.1, 0.15) is 43.9 Å². The topological polar surface area (TPSA) is 41.5 Å². The van der Waals surface area contributed by atoms with Crippen LogP contribution in [0.4, 0.5) is 0 Å². The minimum absolute atomic E-state index is 0.111. The Kier molecular flexibility index (Phi) is 6.03. The minimum Gasteiger partial charge on any atom is -0.493 e. The molecule has 0 aliphatic carbocycles. The molecule has 2 N–H and O–H groups in total. The lowest BCUT2D eigenvalue weighted by molar-refractivity contribution is 0.136. The van der Waals surface area contributed by atoms with Gasteiger partial charge >= 0.3 is 0 Å². The van der Waals surface area contributed by atoms with Gasteiger partial charge in [-0.05, 0) is 50.5 Å². The van der Waals surface area contributed by atoms with Gasteiger partial charge in [0.05, 0.1) is 13.2 Å². The summed E-state index contributed by atoms with van der Waals surface area (Å²) in [4.78, 5) is 0. The Bertz CT molecular complexity index is 443. The maximum Gasteiger partial charge on any atom is 0.122 e. The van der Waals surface area contributed by atoms with Crippen LogP contribution in [-0.4, -0.2) is 29.9 Å². The van der Waals surface area contributed by atoms with Crippen molar-refractivity contribution in [1.29, 1.82) is 0 Å². The average Bonchev–Trinajstić information content (AvgIpc) is 2.34. The molecule has 114 valence electrons. The van der Waals surface area contributed by atoms with Crippen molar-refractivity contribution in [3.05, 3.63) is 28.8 Å². The van der Waals surface area contributed by atoms with Crippen molar-refractivity contribution in [3.63, 3.8) is 0 Å². The van der Waals surface area contributed by atoms with Gasteiger partial charge in [-0.15, -0.1) is 0 Å². The first-order valence-electron chi connectivity index (χ1n) is 7.36. The van der Waals surface area contributed by atoms with Gasteiger partial charge in [0.25, 0.3) is 0 Å². The van der Waals surface area contributed by atoms with Crippen molar-refractivity contribution in [3.8, 4) is 5.75 Å². The smallest absolute Gasteiger partial charge is 0.122 e. The number of hydrogen-bond acceptors (Lipinski definition) is 3. The van der Waals surface area contributed by atoms with E-state index in [0.717, 1.165) is 12.2 Å². The summed E-state index contributed by atoms with van der Waals surface area (Å²) >= 11 is 0. The quantitative estimate of drug-likeness (QED) is 0.805. The molecule has 0 saturated carbocycles. The number of aliphatic hydroxyl groups is 1. The maximum absolute atomic E-state index is 9.56. The number of aryl methyl sites for hydroxylation is 2. The SMILES string of the molecule is Cc1cc(C)c(C)c(OCCC(C)(CO)NC(C)C)c1. The van der Waals surface area contributed by atoms with E-state index >= 15 is 0 Å². The van der Waals surface area contributed by atoms with Crippen molar-refractivity contribution in [1.82, 2.24) is 5.32 Å². The van der Waals surface area contributed by atoms with Crippen molar-refractivity contribution < 1.29 is 9.84 Å². The van der Waals surface area contributed by atoms with Gasteiger partial charge in [-0.3, -0.25) is 0 Å². The Morgan fingerprint density at radius 3 is 2.45 bits per heavy atom. The third-order valence-corrected chi connectivity index (χ3v) is 3.66. The fourth-order valence-electron chi connectivity index (χ4n) is 2.43. The monoisotopic (exact) mass is 279 g/mol. The summed E-state index contributed by atoms with van der Waals surface area (Å²) in [5.74, 6) is 0.951. The molecule has 0 heterocycles. The summed E-state index contributed by atoms with van der Waals surface area (Å²) in [5, 5.41) is 13.0. The average molecular weight is 279 g/mol. The maximum atomic E-state index is 9.56. The standard InChI is InChI=1S/C17H29NO2/c1-12(2)18-17(6,11-19)7-8-20-16-10-13(3)9-14(4)15(16)5/h9-10,12,18-19H,7-8,11H2,1-6H3. The lowest BCUT2D eigenvalue weighted by atomic mass is 9.98. The van der Waals surface area contributed by atoms with Crippen molar-refractivity contribution >= 4 is 0 Å². The van der Waals surface area contributed by atoms with Gasteiger partial charge in [0, 0.05) is 18.0 Å². The molecule has 0 spiro atoms. The molecule has 1 aromatic rings. The fraction of sp³-hybridized carbons (Fsp3) is 0.647. The second kappa shape index (κ2) is 7.09. The van der Waals surface area contributed by atoms with Crippen LogP contribution in [0.2, 0.25) is 0 Å². The molecule has 3 heteroatoms. The lowest BCUT2D eigenvalue weighted by Crippen LogP contribution is -2.50. The molecule has 1 atom stereocenters. The van der Waals surface area contributed by atoms with Gasteiger partial charge in [0.1, 0.15) is 5.75 Å². The van der Waals surface area contributed by atoms with Crippen molar-refractivity contribution in [2.75, 3.05) is 13.2 Å². The normalized spacial score (nSPS) is 14.4. The van der Waals surface area contributed by atoms with Crippen molar-refractivity contribution in [2.45, 2.75) is 59.5 Å². The molecule has 0 fully saturated rings. The molecule has 0 aromatic heterocycles. The van der Waals surface area contributed by atoms with Crippen LogP contribution in [0.5, 0.6) is 5.75 Å². The Labute approximate surface area is 123 Å². The largest absolute Gasteiger partial charge is 0.493 e. The summed E-state index contributed by atoms with van der Waals surface area (Å²) in [6, 6.07) is 4.59. The Balaban J connectivity index is 2.64. The highest BCUT2D eigenvalue weighted by Crippen LogP contribution is 2.24. The highest BCUT2D eigenvalue weighted by molar-refractivity contribution is 5.41. The van der Waals surface area contributed by atoms with E-state index in [1.165, 1.54) is 16.7 Å². The number of rotatable bonds is 7. The van der Waals surface area contributed by atoms with Gasteiger partial charge in [0.2, 0.25) is 0 Å². The third kappa shape index (κ3) is 4.80. The van der Waals surface area contributed by atoms with E-state index in [1.54, 1.807) is 0 Å². The van der Waals surface area contributed by atoms with Gasteiger partial charge < -0.3 is 15.2 Å². The molecule has 1 aromatic carbocycles. The minimum atomic E-state index is -0.291. The number of aliphatic hydroxyl groups excluding tert-OH is 1. The summed E-state index contributed by atoms with van der Waals surface area (Å²) in [5.41, 5.74) is 3.37. The first-order valence-corrected chi connectivity index (χ1v) is 7.36. The Hall–Kier alpha value is -1.06. The van der Waals surface area contributed by atoms with Crippen LogP contribution >= 0.6 is 0 Å². The molecule has 0 radical (unpaired) electrons. The highest BCUT2D eigenvalue weighted by atomic mass is 16.5. The second-order valence-corrected chi connectivity index (χ2v) is 6.32. The summed E-state index contributed by atoms with van der Waals surface area (Å²) in [6.07, 6.45) is 0.772. The Morgan fingerprint density at radius 1 is 1.25 bits per heavy atom. The predicted molar refractivity (Wildman–Crippen MR) is 84.5 cm³/mol. The molecular formula is C17H29NO2. The summed E-state index contributed by atoms with van der Waals surface area (Å²) < 4.78 is 5.93. The number of hydrogen-bond donors (Lipinski definition) is 2. The van der Waals surface area contributed by atoms with Gasteiger partial charge in [-0.1, -0.05) is 19.9 Å². The third-order valence-electron chi connectivity index (χ3n) is 3.66. The molecule has 20 heavy (non-hydrogen) atoms. The van der Waals surface area contributed by atoms with Crippen LogP contribution < -0.4 is 10.1 Å². The Morgan fingerprint density at radius 2 is 1.90 bits per heavy atom. The van der Waals surface area contributed by atoms with Gasteiger partial charge in [-0.25, -0.2) is 0 Å². The van der Waals surface area contributed by atoms with Crippen LogP contribution in [0, 0.1) is 20.8 Å². The van der Waals surface area contributed by atoms with E-state index in [0.29, 0.717) is 12.6 Å². The van der Waals surface area contributed by atoms with E-state index in [9.17, 15) is 5.11 Å². The van der Waals surface area contributed by atoms with E-state index in [1.807, 2.05) is 6.92 Å². The summed E-state index contributed by atoms with van der Waals surface area (Å²) in [7, 11) is 0. The first-order chi connectivity index (χ1) is 9.27. The van der Waals surface area contributed by atoms with E-state index < -0.39 is 0 Å². The fourth-order valence-corrected chi connectivity index (χ4v) is 2.43. The molecule has 0 aliphatic rings. The van der Waals surface area contributed by atoms with E-state index in [2.05, 4.69) is 52.1 Å². The molecule has 0 aliphatic heterocycles. The van der Waals surface area contributed by atoms with Crippen LogP contribution in [0.25, 0.3) is 0 Å². The molecule has 0 bridgehead atoms. The molecule has 1 unspecified atom stereocenters. The van der Waals surface area contributed by atoms with Gasteiger partial charge in [-0.2, -0.15) is 0 Å². The van der Waals surface area contributed by atoms with Crippen LogP contribution in [-0.2, 0) is 0 Å². The summed E-state index contributed by atoms with van der Waals surface area (Å²) in [6.45, 7) is 13.2. The number of nitrogens with one attached hydrogen (secondary N) is 1. The van der Waals surface area contributed by atoms with Crippen LogP contribution in [0.15, 0.2) is 12.1 Å². The number of benzene rings is 1. The molecule has 1 rings (SSSR count). The van der Waals surface area contributed by atoms with Crippen LogP contribution in [0.3, 0.4) is 0 Å². The zero-order valence-electron chi connectivity index (χ0n) is 13.7. The number of ether oxygens (including phenoxy) is 1. The van der Waals surface area contributed by atoms with Crippen molar-refractivity contribution in [2.24, 2.45) is 0 Å². The lowest BCUT2D eigenvalue weighted by Gasteiger charge is -2.31. The highest BCUT2D eigenvalue weighted by Gasteiger charge is 2.23. The van der Waals surface area contributed by atoms with E-state index in [4.69, 9.17) is 4.74 Å². The second-order valence-electron chi connectivity index (χ2n) is 6.32. The molecule has 3 nitrogen and oxygen atoms in total. The zero-order chi connectivity index (χ0) is 15.3. The molecular weight excluding hydrogens is 250 g/mol. The zero-order valence-corrected chi connectivity index (χ0v) is 13.7. The predicted octanol–water partition coefficient (Wildman–Crippen LogP) is 3.13.